The predicted molar refractivity (Wildman–Crippen MR) is 102 cm³/mol. The molecule has 0 amide bonds. The quantitative estimate of drug-likeness (QED) is 0.348. The Morgan fingerprint density at radius 2 is 1.12 bits per heavy atom. The standard InChI is InChI=1S/C14H28O6.4CH4/c1-4-13(2)14(15)20-12-11-19-10-9-18-8-7-17-6-5-16-3;;;;/h13H,4-12H2,1-3H3;4*1H4. The van der Waals surface area contributed by atoms with Crippen molar-refractivity contribution in [3.63, 3.8) is 0 Å². The molecule has 24 heavy (non-hydrogen) atoms. The van der Waals surface area contributed by atoms with Gasteiger partial charge in [0.15, 0.2) is 0 Å². The summed E-state index contributed by atoms with van der Waals surface area (Å²) < 4.78 is 25.7. The molecule has 0 aromatic heterocycles. The Labute approximate surface area is 151 Å². The van der Waals surface area contributed by atoms with Crippen molar-refractivity contribution >= 4 is 5.97 Å². The van der Waals surface area contributed by atoms with E-state index in [-0.39, 0.29) is 41.6 Å². The maximum atomic E-state index is 11.3. The molecule has 0 aliphatic rings. The van der Waals surface area contributed by atoms with E-state index in [4.69, 9.17) is 23.7 Å². The van der Waals surface area contributed by atoms with E-state index in [9.17, 15) is 4.79 Å². The summed E-state index contributed by atoms with van der Waals surface area (Å²) in [5, 5.41) is 0. The van der Waals surface area contributed by atoms with Gasteiger partial charge in [-0.1, -0.05) is 43.6 Å². The molecule has 0 spiro atoms. The van der Waals surface area contributed by atoms with Gasteiger partial charge in [0.1, 0.15) is 6.61 Å². The minimum atomic E-state index is -0.166. The molecule has 0 saturated heterocycles. The van der Waals surface area contributed by atoms with Gasteiger partial charge in [-0.15, -0.1) is 0 Å². The molecule has 152 valence electrons. The van der Waals surface area contributed by atoms with Crippen molar-refractivity contribution in [1.82, 2.24) is 0 Å². The molecule has 0 aromatic carbocycles. The van der Waals surface area contributed by atoms with Crippen LogP contribution in [-0.2, 0) is 28.5 Å². The van der Waals surface area contributed by atoms with Crippen LogP contribution < -0.4 is 0 Å². The Balaban J connectivity index is -0.000000301. The highest BCUT2D eigenvalue weighted by Gasteiger charge is 2.10. The molecule has 0 aliphatic carbocycles. The van der Waals surface area contributed by atoms with Gasteiger partial charge in [0.05, 0.1) is 52.2 Å². The van der Waals surface area contributed by atoms with Crippen LogP contribution in [0.1, 0.15) is 50.0 Å². The number of methoxy groups -OCH3 is 1. The van der Waals surface area contributed by atoms with Crippen molar-refractivity contribution in [3.05, 3.63) is 0 Å². The molecule has 0 bridgehead atoms. The van der Waals surface area contributed by atoms with E-state index in [0.29, 0.717) is 52.9 Å². The second kappa shape index (κ2) is 27.2. The molecule has 0 heterocycles. The molecular formula is C18H44O6. The van der Waals surface area contributed by atoms with E-state index in [2.05, 4.69) is 0 Å². The van der Waals surface area contributed by atoms with E-state index < -0.39 is 0 Å². The molecule has 6 heteroatoms. The number of hydrogen-bond acceptors (Lipinski definition) is 6. The van der Waals surface area contributed by atoms with Crippen molar-refractivity contribution in [1.29, 1.82) is 0 Å². The second-order valence-electron chi connectivity index (χ2n) is 4.31. The van der Waals surface area contributed by atoms with Gasteiger partial charge < -0.3 is 23.7 Å². The Morgan fingerprint density at radius 1 is 0.750 bits per heavy atom. The fraction of sp³-hybridized carbons (Fsp3) is 0.944. The maximum Gasteiger partial charge on any atom is 0.308 e. The average Bonchev–Trinajstić information content (AvgIpc) is 2.47. The van der Waals surface area contributed by atoms with Crippen LogP contribution in [0.3, 0.4) is 0 Å². The van der Waals surface area contributed by atoms with Gasteiger partial charge in [-0.2, -0.15) is 0 Å². The summed E-state index contributed by atoms with van der Waals surface area (Å²) in [5.74, 6) is -0.211. The predicted octanol–water partition coefficient (Wildman–Crippen LogP) is 3.82. The number of carbonyl (C=O) groups is 1. The number of rotatable bonds is 14. The average molecular weight is 357 g/mol. The van der Waals surface area contributed by atoms with Crippen LogP contribution in [0.15, 0.2) is 0 Å². The Morgan fingerprint density at radius 3 is 1.50 bits per heavy atom. The molecule has 0 aliphatic heterocycles. The maximum absolute atomic E-state index is 11.3. The van der Waals surface area contributed by atoms with E-state index >= 15 is 0 Å². The smallest absolute Gasteiger partial charge is 0.308 e. The van der Waals surface area contributed by atoms with Crippen LogP contribution in [0.2, 0.25) is 0 Å². The first-order valence-electron chi connectivity index (χ1n) is 7.11. The lowest BCUT2D eigenvalue weighted by Crippen LogP contribution is -2.18. The molecule has 0 saturated carbocycles. The van der Waals surface area contributed by atoms with Crippen LogP contribution in [0.25, 0.3) is 0 Å². The third-order valence-corrected chi connectivity index (χ3v) is 2.66. The van der Waals surface area contributed by atoms with Gasteiger partial charge in [0.2, 0.25) is 0 Å². The van der Waals surface area contributed by atoms with Crippen LogP contribution in [0.4, 0.5) is 0 Å². The van der Waals surface area contributed by atoms with E-state index in [1.54, 1.807) is 7.11 Å². The Kier molecular flexibility index (Phi) is 39.2. The molecule has 0 rings (SSSR count). The first-order chi connectivity index (χ1) is 9.72. The van der Waals surface area contributed by atoms with Gasteiger partial charge in [-0.25, -0.2) is 0 Å². The van der Waals surface area contributed by atoms with Crippen molar-refractivity contribution in [2.24, 2.45) is 5.92 Å². The molecule has 6 nitrogen and oxygen atoms in total. The lowest BCUT2D eigenvalue weighted by atomic mass is 10.1. The highest BCUT2D eigenvalue weighted by molar-refractivity contribution is 5.71. The molecule has 1 atom stereocenters. The Hall–Kier alpha value is -0.690. The zero-order valence-corrected chi connectivity index (χ0v) is 12.9. The summed E-state index contributed by atoms with van der Waals surface area (Å²) in [7, 11) is 1.64. The van der Waals surface area contributed by atoms with Gasteiger partial charge in [-0.3, -0.25) is 4.79 Å². The number of esters is 1. The molecule has 0 aromatic rings. The normalized spacial score (nSPS) is 10.3. The van der Waals surface area contributed by atoms with Crippen molar-refractivity contribution in [3.8, 4) is 0 Å². The lowest BCUT2D eigenvalue weighted by Gasteiger charge is -2.09. The summed E-state index contributed by atoms with van der Waals surface area (Å²) in [6, 6.07) is 0. The van der Waals surface area contributed by atoms with Gasteiger partial charge in [0.25, 0.3) is 0 Å². The number of ether oxygens (including phenoxy) is 5. The van der Waals surface area contributed by atoms with Crippen LogP contribution in [0, 0.1) is 5.92 Å². The van der Waals surface area contributed by atoms with Gasteiger partial charge in [-0.05, 0) is 6.42 Å². The summed E-state index contributed by atoms with van der Waals surface area (Å²) in [5.41, 5.74) is 0. The van der Waals surface area contributed by atoms with Crippen molar-refractivity contribution < 1.29 is 28.5 Å². The Bertz CT molecular complexity index is 224. The SMILES string of the molecule is C.C.C.C.CCC(C)C(=O)OCCOCCOCCOCCOC. The molecule has 0 fully saturated rings. The van der Waals surface area contributed by atoms with E-state index in [1.807, 2.05) is 13.8 Å². The fourth-order valence-electron chi connectivity index (χ4n) is 1.19. The second-order valence-corrected chi connectivity index (χ2v) is 4.31. The summed E-state index contributed by atoms with van der Waals surface area (Å²) in [6.45, 7) is 7.76. The molecule has 1 unspecified atom stereocenters. The fourth-order valence-corrected chi connectivity index (χ4v) is 1.19. The zero-order chi connectivity index (χ0) is 15.1. The van der Waals surface area contributed by atoms with Crippen LogP contribution >= 0.6 is 0 Å². The van der Waals surface area contributed by atoms with Gasteiger partial charge >= 0.3 is 5.97 Å². The largest absolute Gasteiger partial charge is 0.463 e. The van der Waals surface area contributed by atoms with Crippen molar-refractivity contribution in [2.75, 3.05) is 60.0 Å². The van der Waals surface area contributed by atoms with Crippen LogP contribution in [-0.4, -0.2) is 65.9 Å². The minimum Gasteiger partial charge on any atom is -0.463 e. The first-order valence-corrected chi connectivity index (χ1v) is 7.11. The summed E-state index contributed by atoms with van der Waals surface area (Å²) in [6.07, 6.45) is 0.792. The summed E-state index contributed by atoms with van der Waals surface area (Å²) in [4.78, 5) is 11.3. The highest BCUT2D eigenvalue weighted by atomic mass is 16.6. The van der Waals surface area contributed by atoms with E-state index in [0.717, 1.165) is 6.42 Å². The van der Waals surface area contributed by atoms with E-state index in [1.165, 1.54) is 0 Å². The first kappa shape index (κ1) is 34.6. The van der Waals surface area contributed by atoms with Gasteiger partial charge in [0, 0.05) is 7.11 Å². The molecule has 0 N–H and O–H groups in total. The monoisotopic (exact) mass is 356 g/mol. The number of hydrogen-bond donors (Lipinski definition) is 0. The number of carbonyl (C=O) groups excluding carboxylic acids is 1. The zero-order valence-electron chi connectivity index (χ0n) is 12.9. The minimum absolute atomic E-state index is 0. The molecule has 0 radical (unpaired) electrons. The lowest BCUT2D eigenvalue weighted by molar-refractivity contribution is -0.149. The molecular weight excluding hydrogens is 312 g/mol. The third-order valence-electron chi connectivity index (χ3n) is 2.66. The highest BCUT2D eigenvalue weighted by Crippen LogP contribution is 2.02. The van der Waals surface area contributed by atoms with Crippen molar-refractivity contribution in [2.45, 2.75) is 50.0 Å². The topological polar surface area (TPSA) is 63.2 Å². The third kappa shape index (κ3) is 23.6. The summed E-state index contributed by atoms with van der Waals surface area (Å²) >= 11 is 0. The van der Waals surface area contributed by atoms with Crippen LogP contribution in [0.5, 0.6) is 0 Å².